The molecule has 144 valence electrons. The Morgan fingerprint density at radius 2 is 1.93 bits per heavy atom. The summed E-state index contributed by atoms with van der Waals surface area (Å²) < 4.78 is 11.9. The number of nitrogens with one attached hydrogen (secondary N) is 1. The first-order chi connectivity index (χ1) is 12.9. The molecule has 1 amide bonds. The monoisotopic (exact) mass is 372 g/mol. The van der Waals surface area contributed by atoms with Crippen LogP contribution >= 0.6 is 0 Å². The molecule has 27 heavy (non-hydrogen) atoms. The molecule has 0 radical (unpaired) electrons. The fourth-order valence-corrected chi connectivity index (χ4v) is 2.81. The highest BCUT2D eigenvalue weighted by molar-refractivity contribution is 5.93. The van der Waals surface area contributed by atoms with Crippen molar-refractivity contribution in [2.45, 2.75) is 32.8 Å². The van der Waals surface area contributed by atoms with E-state index in [9.17, 15) is 10.0 Å². The minimum atomic E-state index is -0.526. The molecule has 2 aliphatic rings. The molecule has 0 aromatic heterocycles. The van der Waals surface area contributed by atoms with Gasteiger partial charge in [-0.15, -0.1) is 0 Å². The molecule has 0 atom stereocenters. The SMILES string of the molecule is CC(C)(C)OC(=O)NCCOCCc1c2ncnc-2c2ccccc2n1O. The quantitative estimate of drug-likeness (QED) is 0.510. The van der Waals surface area contributed by atoms with E-state index in [0.29, 0.717) is 43.1 Å². The Kier molecular flexibility index (Phi) is 5.46. The lowest BCUT2D eigenvalue weighted by molar-refractivity contribution is 0.0499. The summed E-state index contributed by atoms with van der Waals surface area (Å²) in [4.78, 5) is 20.2. The van der Waals surface area contributed by atoms with Gasteiger partial charge in [-0.25, -0.2) is 14.8 Å². The highest BCUT2D eigenvalue weighted by Gasteiger charge is 2.20. The van der Waals surface area contributed by atoms with E-state index < -0.39 is 11.7 Å². The van der Waals surface area contributed by atoms with Crippen molar-refractivity contribution in [3.8, 4) is 11.4 Å². The zero-order valence-corrected chi connectivity index (χ0v) is 15.7. The van der Waals surface area contributed by atoms with Crippen LogP contribution in [0.25, 0.3) is 22.3 Å². The second-order valence-corrected chi connectivity index (χ2v) is 7.14. The van der Waals surface area contributed by atoms with Crippen molar-refractivity contribution in [2.75, 3.05) is 19.8 Å². The van der Waals surface area contributed by atoms with Gasteiger partial charge >= 0.3 is 6.09 Å². The van der Waals surface area contributed by atoms with Gasteiger partial charge in [0.15, 0.2) is 0 Å². The maximum atomic E-state index is 11.6. The number of amides is 1. The highest BCUT2D eigenvalue weighted by Crippen LogP contribution is 2.31. The predicted octanol–water partition coefficient (Wildman–Crippen LogP) is 2.86. The van der Waals surface area contributed by atoms with E-state index in [4.69, 9.17) is 9.47 Å². The van der Waals surface area contributed by atoms with Gasteiger partial charge in [-0.3, -0.25) is 0 Å². The number of imidazole rings is 1. The summed E-state index contributed by atoms with van der Waals surface area (Å²) in [6, 6.07) is 7.50. The van der Waals surface area contributed by atoms with E-state index in [2.05, 4.69) is 15.3 Å². The number of pyridine rings is 1. The first-order valence-electron chi connectivity index (χ1n) is 8.84. The number of rotatable bonds is 6. The number of alkyl carbamates (subject to hydrolysis) is 1. The maximum Gasteiger partial charge on any atom is 0.407 e. The molecule has 8 heteroatoms. The summed E-state index contributed by atoms with van der Waals surface area (Å²) in [5, 5.41) is 14.1. The number of benzene rings is 1. The van der Waals surface area contributed by atoms with Crippen molar-refractivity contribution >= 4 is 17.0 Å². The standard InChI is InChI=1S/C19H24N4O4/c1-19(2,3)27-18(24)20-9-11-26-10-8-15-17-16(21-12-22-17)13-6-4-5-7-14(13)23(15)25/h4-7,12,25H,8-11H2,1-3H3,(H,20,24). The molecule has 0 saturated heterocycles. The largest absolute Gasteiger partial charge is 0.444 e. The van der Waals surface area contributed by atoms with Crippen LogP contribution in [0.5, 0.6) is 0 Å². The van der Waals surface area contributed by atoms with Crippen molar-refractivity contribution < 1.29 is 19.5 Å². The lowest BCUT2D eigenvalue weighted by Crippen LogP contribution is -2.34. The fraction of sp³-hybridized carbons (Fsp3) is 0.421. The van der Waals surface area contributed by atoms with Crippen LogP contribution in [0.3, 0.4) is 0 Å². The van der Waals surface area contributed by atoms with Crippen LogP contribution in [0.15, 0.2) is 30.6 Å². The average Bonchev–Trinajstić information content (AvgIpc) is 3.08. The number of fused-ring (bicyclic) bond motifs is 3. The number of nitrogens with zero attached hydrogens (tertiary/aromatic N) is 3. The van der Waals surface area contributed by atoms with Crippen LogP contribution in [0, 0.1) is 0 Å². The average molecular weight is 372 g/mol. The molecular weight excluding hydrogens is 348 g/mol. The van der Waals surface area contributed by atoms with Crippen molar-refractivity contribution in [2.24, 2.45) is 0 Å². The second kappa shape index (κ2) is 7.79. The molecule has 0 bridgehead atoms. The molecule has 2 aliphatic heterocycles. The summed E-state index contributed by atoms with van der Waals surface area (Å²) in [7, 11) is 0. The lowest BCUT2D eigenvalue weighted by atomic mass is 10.1. The molecule has 0 spiro atoms. The van der Waals surface area contributed by atoms with E-state index in [-0.39, 0.29) is 0 Å². The van der Waals surface area contributed by atoms with Crippen molar-refractivity contribution in [3.63, 3.8) is 0 Å². The molecule has 0 aliphatic carbocycles. The van der Waals surface area contributed by atoms with Crippen molar-refractivity contribution in [1.29, 1.82) is 0 Å². The number of carbonyl (C=O) groups excluding carboxylic acids is 1. The molecular formula is C19H24N4O4. The fourth-order valence-electron chi connectivity index (χ4n) is 2.81. The van der Waals surface area contributed by atoms with Gasteiger partial charge in [0.1, 0.15) is 23.3 Å². The Balaban J connectivity index is 1.56. The predicted molar refractivity (Wildman–Crippen MR) is 100 cm³/mol. The smallest absolute Gasteiger partial charge is 0.407 e. The number of hydrogen-bond acceptors (Lipinski definition) is 6. The number of carbonyl (C=O) groups is 1. The van der Waals surface area contributed by atoms with E-state index in [0.717, 1.165) is 15.8 Å². The molecule has 1 aromatic rings. The Labute approximate surface area is 157 Å². The molecule has 3 rings (SSSR count). The zero-order valence-electron chi connectivity index (χ0n) is 15.7. The van der Waals surface area contributed by atoms with E-state index in [1.165, 1.54) is 6.33 Å². The van der Waals surface area contributed by atoms with Gasteiger partial charge in [0.2, 0.25) is 0 Å². The number of para-hydroxylation sites is 1. The molecule has 2 heterocycles. The maximum absolute atomic E-state index is 11.6. The van der Waals surface area contributed by atoms with Gasteiger partial charge in [-0.05, 0) is 26.8 Å². The molecule has 1 aromatic carbocycles. The van der Waals surface area contributed by atoms with Crippen LogP contribution in [0.4, 0.5) is 4.79 Å². The summed E-state index contributed by atoms with van der Waals surface area (Å²) in [5.74, 6) is 0. The molecule has 0 saturated carbocycles. The van der Waals surface area contributed by atoms with Crippen LogP contribution in [0.1, 0.15) is 26.5 Å². The van der Waals surface area contributed by atoms with Gasteiger partial charge < -0.3 is 20.0 Å². The molecule has 0 unspecified atom stereocenters. The first-order valence-corrected chi connectivity index (χ1v) is 8.84. The van der Waals surface area contributed by atoms with Crippen LogP contribution in [-0.2, 0) is 15.9 Å². The molecule has 0 fully saturated rings. The summed E-state index contributed by atoms with van der Waals surface area (Å²) in [6.45, 7) is 6.49. The van der Waals surface area contributed by atoms with Gasteiger partial charge in [0, 0.05) is 18.4 Å². The van der Waals surface area contributed by atoms with E-state index >= 15 is 0 Å². The molecule has 2 N–H and O–H groups in total. The van der Waals surface area contributed by atoms with Crippen molar-refractivity contribution in [1.82, 2.24) is 20.0 Å². The van der Waals surface area contributed by atoms with Crippen LogP contribution in [-0.4, -0.2) is 51.4 Å². The third-order valence-corrected chi connectivity index (χ3v) is 3.91. The topological polar surface area (TPSA) is 98.5 Å². The third kappa shape index (κ3) is 4.46. The van der Waals surface area contributed by atoms with Gasteiger partial charge in [0.25, 0.3) is 0 Å². The summed E-state index contributed by atoms with van der Waals surface area (Å²) >= 11 is 0. The van der Waals surface area contributed by atoms with E-state index in [1.807, 2.05) is 45.0 Å². The normalized spacial score (nSPS) is 11.8. The Hall–Kier alpha value is -2.87. The van der Waals surface area contributed by atoms with Crippen LogP contribution < -0.4 is 5.32 Å². The van der Waals surface area contributed by atoms with E-state index in [1.54, 1.807) is 0 Å². The van der Waals surface area contributed by atoms with Gasteiger partial charge in [-0.1, -0.05) is 18.2 Å². The first kappa shape index (κ1) is 18.9. The third-order valence-electron chi connectivity index (χ3n) is 3.91. The highest BCUT2D eigenvalue weighted by atomic mass is 16.6. The minimum Gasteiger partial charge on any atom is -0.444 e. The number of aromatic nitrogens is 3. The van der Waals surface area contributed by atoms with Gasteiger partial charge in [0.05, 0.1) is 24.4 Å². The lowest BCUT2D eigenvalue weighted by Gasteiger charge is -2.19. The zero-order chi connectivity index (χ0) is 19.4. The number of hydrogen-bond donors (Lipinski definition) is 2. The summed E-state index contributed by atoms with van der Waals surface area (Å²) in [6.07, 6.45) is 1.48. The number of ether oxygens (including phenoxy) is 2. The minimum absolute atomic E-state index is 0.341. The second-order valence-electron chi connectivity index (χ2n) is 7.14. The Morgan fingerprint density at radius 1 is 1.19 bits per heavy atom. The Bertz CT molecular complexity index is 900. The van der Waals surface area contributed by atoms with Crippen LogP contribution in [0.2, 0.25) is 0 Å². The summed E-state index contributed by atoms with van der Waals surface area (Å²) in [5.41, 5.74) is 2.21. The Morgan fingerprint density at radius 3 is 2.70 bits per heavy atom. The molecule has 8 nitrogen and oxygen atoms in total. The van der Waals surface area contributed by atoms with Gasteiger partial charge in [-0.2, -0.15) is 4.73 Å². The van der Waals surface area contributed by atoms with Crippen molar-refractivity contribution in [3.05, 3.63) is 36.3 Å².